The molecule has 5 nitrogen and oxygen atoms in total. The molecular weight excluding hydrogens is 468 g/mol. The van der Waals surface area contributed by atoms with E-state index in [-0.39, 0.29) is 26.9 Å². The van der Waals surface area contributed by atoms with E-state index in [1.165, 1.54) is 30.3 Å². The standard InChI is InChI=1S/C22H13Cl2F3N2O3/c23-16-7-4-11(8-17(16)24)14(10-28)13-6-5-12(9-15(13)22(25,26)27)29-21(32)20-18(30)2-1-3-19(20)31/h1-9,14,30-31H,(H,29,32). The molecule has 0 aromatic heterocycles. The number of amides is 1. The van der Waals surface area contributed by atoms with Gasteiger partial charge in [-0.25, -0.2) is 0 Å². The second-order valence-corrected chi connectivity index (χ2v) is 7.48. The number of phenols is 2. The molecule has 3 N–H and O–H groups in total. The van der Waals surface area contributed by atoms with Gasteiger partial charge in [0, 0.05) is 5.69 Å². The molecule has 0 heterocycles. The van der Waals surface area contributed by atoms with Crippen LogP contribution in [-0.2, 0) is 6.18 Å². The van der Waals surface area contributed by atoms with E-state index in [2.05, 4.69) is 5.32 Å². The Balaban J connectivity index is 2.04. The van der Waals surface area contributed by atoms with Crippen molar-refractivity contribution in [2.75, 3.05) is 5.32 Å². The van der Waals surface area contributed by atoms with Crippen molar-refractivity contribution in [3.05, 3.63) is 86.9 Å². The molecule has 0 aliphatic carbocycles. The Morgan fingerprint density at radius 2 is 1.66 bits per heavy atom. The first-order valence-electron chi connectivity index (χ1n) is 8.91. The van der Waals surface area contributed by atoms with Crippen molar-refractivity contribution in [3.8, 4) is 17.6 Å². The van der Waals surface area contributed by atoms with E-state index >= 15 is 0 Å². The molecular formula is C22H13Cl2F3N2O3. The molecule has 3 rings (SSSR count). The second kappa shape index (κ2) is 8.99. The number of phenolic OH excluding ortho intramolecular Hbond substituents is 2. The quantitative estimate of drug-likeness (QED) is 0.406. The number of aromatic hydroxyl groups is 2. The van der Waals surface area contributed by atoms with Crippen molar-refractivity contribution >= 4 is 34.8 Å². The Bertz CT molecular complexity index is 1220. The molecule has 0 saturated heterocycles. The summed E-state index contributed by atoms with van der Waals surface area (Å²) >= 11 is 11.8. The van der Waals surface area contributed by atoms with Gasteiger partial charge in [-0.05, 0) is 47.5 Å². The number of nitrogens with zero attached hydrogens (tertiary/aromatic N) is 1. The van der Waals surface area contributed by atoms with Gasteiger partial charge in [-0.1, -0.05) is 41.4 Å². The van der Waals surface area contributed by atoms with E-state index in [4.69, 9.17) is 23.2 Å². The molecule has 3 aromatic rings. The number of rotatable bonds is 4. The molecule has 0 aliphatic rings. The highest BCUT2D eigenvalue weighted by Crippen LogP contribution is 2.40. The first-order valence-corrected chi connectivity index (χ1v) is 9.66. The van der Waals surface area contributed by atoms with Gasteiger partial charge in [0.1, 0.15) is 17.1 Å². The highest BCUT2D eigenvalue weighted by molar-refractivity contribution is 6.42. The molecule has 1 atom stereocenters. The minimum Gasteiger partial charge on any atom is -0.507 e. The van der Waals surface area contributed by atoms with Gasteiger partial charge in [0.05, 0.1) is 27.6 Å². The lowest BCUT2D eigenvalue weighted by molar-refractivity contribution is -0.138. The van der Waals surface area contributed by atoms with Crippen LogP contribution in [0.1, 0.15) is 33.0 Å². The Morgan fingerprint density at radius 3 is 2.22 bits per heavy atom. The van der Waals surface area contributed by atoms with Gasteiger partial charge in [-0.15, -0.1) is 0 Å². The number of anilines is 1. The van der Waals surface area contributed by atoms with Gasteiger partial charge in [0.2, 0.25) is 0 Å². The molecule has 10 heteroatoms. The van der Waals surface area contributed by atoms with Crippen LogP contribution in [-0.4, -0.2) is 16.1 Å². The number of alkyl halides is 3. The smallest absolute Gasteiger partial charge is 0.416 e. The molecule has 0 fully saturated rings. The fraction of sp³-hybridized carbons (Fsp3) is 0.0909. The third-order valence-electron chi connectivity index (χ3n) is 4.58. The van der Waals surface area contributed by atoms with Crippen LogP contribution in [0.5, 0.6) is 11.5 Å². The summed E-state index contributed by atoms with van der Waals surface area (Å²) in [6.07, 6.45) is -4.85. The average Bonchev–Trinajstić information content (AvgIpc) is 2.71. The summed E-state index contributed by atoms with van der Waals surface area (Å²) in [4.78, 5) is 12.4. The number of halogens is 5. The highest BCUT2D eigenvalue weighted by atomic mass is 35.5. The van der Waals surface area contributed by atoms with Crippen molar-refractivity contribution in [1.29, 1.82) is 5.26 Å². The highest BCUT2D eigenvalue weighted by Gasteiger charge is 2.36. The zero-order valence-electron chi connectivity index (χ0n) is 15.9. The van der Waals surface area contributed by atoms with Crippen LogP contribution in [0.2, 0.25) is 10.0 Å². The lowest BCUT2D eigenvalue weighted by Gasteiger charge is -2.19. The summed E-state index contributed by atoms with van der Waals surface area (Å²) in [6, 6.07) is 12.4. The number of nitrogens with one attached hydrogen (secondary N) is 1. The summed E-state index contributed by atoms with van der Waals surface area (Å²) in [7, 11) is 0. The molecule has 1 amide bonds. The molecule has 164 valence electrons. The van der Waals surface area contributed by atoms with E-state index in [0.717, 1.165) is 18.2 Å². The predicted molar refractivity (Wildman–Crippen MR) is 113 cm³/mol. The SMILES string of the molecule is N#CC(c1ccc(Cl)c(Cl)c1)c1ccc(NC(=O)c2c(O)cccc2O)cc1C(F)(F)F. The maximum Gasteiger partial charge on any atom is 0.416 e. The fourth-order valence-electron chi connectivity index (χ4n) is 3.10. The number of carbonyl (C=O) groups is 1. The van der Waals surface area contributed by atoms with Crippen LogP contribution in [0, 0.1) is 11.3 Å². The Labute approximate surface area is 190 Å². The molecule has 32 heavy (non-hydrogen) atoms. The van der Waals surface area contributed by atoms with Crippen LogP contribution in [0.25, 0.3) is 0 Å². The Morgan fingerprint density at radius 1 is 1.00 bits per heavy atom. The monoisotopic (exact) mass is 480 g/mol. The summed E-state index contributed by atoms with van der Waals surface area (Å²) in [5.74, 6) is -3.41. The lowest BCUT2D eigenvalue weighted by Crippen LogP contribution is -2.16. The average molecular weight is 481 g/mol. The third-order valence-corrected chi connectivity index (χ3v) is 5.32. The van der Waals surface area contributed by atoms with Crippen molar-refractivity contribution < 1.29 is 28.2 Å². The zero-order valence-corrected chi connectivity index (χ0v) is 17.4. The summed E-state index contributed by atoms with van der Waals surface area (Å²) in [5, 5.41) is 31.6. The van der Waals surface area contributed by atoms with Crippen molar-refractivity contribution in [1.82, 2.24) is 0 Å². The minimum atomic E-state index is -4.85. The largest absolute Gasteiger partial charge is 0.507 e. The summed E-state index contributed by atoms with van der Waals surface area (Å²) in [6.45, 7) is 0. The normalized spacial score (nSPS) is 12.1. The van der Waals surface area contributed by atoms with Crippen LogP contribution in [0.15, 0.2) is 54.6 Å². The first-order chi connectivity index (χ1) is 15.0. The number of hydrogen-bond donors (Lipinski definition) is 3. The van der Waals surface area contributed by atoms with Crippen molar-refractivity contribution in [2.45, 2.75) is 12.1 Å². The molecule has 3 aromatic carbocycles. The van der Waals surface area contributed by atoms with Gasteiger partial charge >= 0.3 is 6.18 Å². The molecule has 0 saturated carbocycles. The summed E-state index contributed by atoms with van der Waals surface area (Å²) < 4.78 is 41.5. The van der Waals surface area contributed by atoms with Crippen LogP contribution in [0.4, 0.5) is 18.9 Å². The second-order valence-electron chi connectivity index (χ2n) is 6.66. The molecule has 0 aliphatic heterocycles. The third kappa shape index (κ3) is 4.74. The number of nitriles is 1. The number of carbonyl (C=O) groups excluding carboxylic acids is 1. The maximum atomic E-state index is 13.8. The van der Waals surface area contributed by atoms with E-state index in [9.17, 15) is 33.4 Å². The topological polar surface area (TPSA) is 93.4 Å². The zero-order chi connectivity index (χ0) is 23.6. The van der Waals surface area contributed by atoms with Crippen LogP contribution in [0.3, 0.4) is 0 Å². The van der Waals surface area contributed by atoms with Gasteiger partial charge in [0.15, 0.2) is 0 Å². The van der Waals surface area contributed by atoms with Crippen molar-refractivity contribution in [2.24, 2.45) is 0 Å². The van der Waals surface area contributed by atoms with Gasteiger partial charge in [0.25, 0.3) is 5.91 Å². The summed E-state index contributed by atoms with van der Waals surface area (Å²) in [5.41, 5.74) is -2.02. The van der Waals surface area contributed by atoms with Gasteiger partial charge in [-0.3, -0.25) is 4.79 Å². The molecule has 0 radical (unpaired) electrons. The maximum absolute atomic E-state index is 13.8. The van der Waals surface area contributed by atoms with Gasteiger partial charge in [-0.2, -0.15) is 18.4 Å². The van der Waals surface area contributed by atoms with E-state index in [1.54, 1.807) is 0 Å². The Hall–Kier alpha value is -3.41. The van der Waals surface area contributed by atoms with Crippen LogP contribution < -0.4 is 5.32 Å². The number of hydrogen-bond acceptors (Lipinski definition) is 4. The fourth-order valence-corrected chi connectivity index (χ4v) is 3.41. The molecule has 1 unspecified atom stereocenters. The van der Waals surface area contributed by atoms with E-state index < -0.39 is 40.6 Å². The van der Waals surface area contributed by atoms with Crippen LogP contribution >= 0.6 is 23.2 Å². The van der Waals surface area contributed by atoms with Gasteiger partial charge < -0.3 is 15.5 Å². The Kier molecular flexibility index (Phi) is 6.53. The van der Waals surface area contributed by atoms with Crippen molar-refractivity contribution in [3.63, 3.8) is 0 Å². The van der Waals surface area contributed by atoms with E-state index in [0.29, 0.717) is 6.07 Å². The van der Waals surface area contributed by atoms with E-state index in [1.807, 2.05) is 6.07 Å². The lowest BCUT2D eigenvalue weighted by atomic mass is 9.88. The first kappa shape index (κ1) is 23.3. The minimum absolute atomic E-state index is 0.0873. The predicted octanol–water partition coefficient (Wildman–Crippen LogP) is 6.33. The number of benzene rings is 3. The molecule has 0 bridgehead atoms. The molecule has 0 spiro atoms.